The Kier molecular flexibility index (Phi) is 3.61. The molecule has 8 heteroatoms. The van der Waals surface area contributed by atoms with Gasteiger partial charge in [-0.2, -0.15) is 13.2 Å². The molecule has 19 heavy (non-hydrogen) atoms. The Morgan fingerprint density at radius 1 is 1.11 bits per heavy atom. The van der Waals surface area contributed by atoms with Crippen LogP contribution in [0.5, 0.6) is 0 Å². The number of rotatable bonds is 2. The molecule has 0 fully saturated rings. The molecule has 2 rings (SSSR count). The van der Waals surface area contributed by atoms with Crippen LogP contribution in [-0.2, 0) is 6.18 Å². The van der Waals surface area contributed by atoms with Gasteiger partial charge in [-0.05, 0) is 30.3 Å². The minimum absolute atomic E-state index is 0.0195. The van der Waals surface area contributed by atoms with Crippen molar-refractivity contribution in [1.82, 2.24) is 10.2 Å². The van der Waals surface area contributed by atoms with Crippen molar-refractivity contribution in [2.45, 2.75) is 6.18 Å². The predicted octanol–water partition coefficient (Wildman–Crippen LogP) is 3.58. The lowest BCUT2D eigenvalue weighted by Gasteiger charge is -2.12. The van der Waals surface area contributed by atoms with Gasteiger partial charge in [0.15, 0.2) is 5.82 Å². The Morgan fingerprint density at radius 2 is 1.84 bits per heavy atom. The highest BCUT2D eigenvalue weighted by atomic mass is 79.9. The van der Waals surface area contributed by atoms with Crippen LogP contribution >= 0.6 is 15.9 Å². The fourth-order valence-corrected chi connectivity index (χ4v) is 1.85. The van der Waals surface area contributed by atoms with Gasteiger partial charge >= 0.3 is 6.18 Å². The number of halogens is 4. The number of nitrogens with zero attached hydrogens (tertiary/aromatic N) is 2. The summed E-state index contributed by atoms with van der Waals surface area (Å²) in [5.41, 5.74) is 4.86. The van der Waals surface area contributed by atoms with Crippen LogP contribution in [0, 0.1) is 0 Å². The van der Waals surface area contributed by atoms with Crippen LogP contribution in [0.4, 0.5) is 30.5 Å². The van der Waals surface area contributed by atoms with E-state index >= 15 is 0 Å². The summed E-state index contributed by atoms with van der Waals surface area (Å²) in [7, 11) is 0. The summed E-state index contributed by atoms with van der Waals surface area (Å²) in [5, 5.41) is 10.0. The van der Waals surface area contributed by atoms with Crippen LogP contribution in [0.3, 0.4) is 0 Å². The average Bonchev–Trinajstić information content (AvgIpc) is 2.33. The smallest absolute Gasteiger partial charge is 0.382 e. The van der Waals surface area contributed by atoms with Gasteiger partial charge in [-0.15, -0.1) is 10.2 Å². The van der Waals surface area contributed by atoms with E-state index in [1.165, 1.54) is 24.3 Å². The molecule has 1 aromatic heterocycles. The molecule has 0 aliphatic carbocycles. The second kappa shape index (κ2) is 5.04. The summed E-state index contributed by atoms with van der Waals surface area (Å²) in [4.78, 5) is 0. The van der Waals surface area contributed by atoms with E-state index in [4.69, 9.17) is 5.73 Å². The third kappa shape index (κ3) is 3.34. The van der Waals surface area contributed by atoms with E-state index in [2.05, 4.69) is 31.4 Å². The lowest BCUT2D eigenvalue weighted by molar-refractivity contribution is -0.138. The molecule has 0 unspecified atom stereocenters. The van der Waals surface area contributed by atoms with Gasteiger partial charge in [0.2, 0.25) is 0 Å². The van der Waals surface area contributed by atoms with Crippen molar-refractivity contribution in [3.8, 4) is 0 Å². The van der Waals surface area contributed by atoms with Crippen LogP contribution < -0.4 is 11.1 Å². The van der Waals surface area contributed by atoms with Crippen molar-refractivity contribution in [3.05, 3.63) is 40.4 Å². The van der Waals surface area contributed by atoms with E-state index in [1.807, 2.05) is 0 Å². The number of alkyl halides is 3. The first kappa shape index (κ1) is 13.6. The molecule has 100 valence electrons. The zero-order valence-electron chi connectivity index (χ0n) is 9.37. The maximum Gasteiger partial charge on any atom is 0.417 e. The lowest BCUT2D eigenvalue weighted by atomic mass is 10.2. The monoisotopic (exact) mass is 332 g/mol. The van der Waals surface area contributed by atoms with Crippen molar-refractivity contribution in [2.24, 2.45) is 0 Å². The molecule has 0 saturated heterocycles. The molecule has 0 atom stereocenters. The van der Waals surface area contributed by atoms with E-state index < -0.39 is 11.7 Å². The van der Waals surface area contributed by atoms with Gasteiger partial charge in [-0.3, -0.25) is 0 Å². The van der Waals surface area contributed by atoms with Crippen LogP contribution in [0.15, 0.2) is 34.8 Å². The molecule has 3 N–H and O–H groups in total. The Hall–Kier alpha value is -1.83. The molecule has 0 radical (unpaired) electrons. The van der Waals surface area contributed by atoms with Crippen molar-refractivity contribution in [1.29, 1.82) is 0 Å². The fraction of sp³-hybridized carbons (Fsp3) is 0.0909. The standard InChI is InChI=1S/C11H8BrF3N4/c12-8-2-1-6(5-7(8)11(13,14)15)17-10-4-3-9(16)18-19-10/h1-5H,(H2,16,18)(H,17,19). The molecular formula is C11H8BrF3N4. The van der Waals surface area contributed by atoms with Gasteiger partial charge in [0.25, 0.3) is 0 Å². The second-order valence-corrected chi connectivity index (χ2v) is 4.52. The molecule has 2 aromatic rings. The molecule has 1 heterocycles. The largest absolute Gasteiger partial charge is 0.417 e. The van der Waals surface area contributed by atoms with E-state index in [1.54, 1.807) is 0 Å². The number of benzene rings is 1. The Balaban J connectivity index is 2.29. The highest BCUT2D eigenvalue weighted by Gasteiger charge is 2.33. The predicted molar refractivity (Wildman–Crippen MR) is 68.9 cm³/mol. The maximum atomic E-state index is 12.7. The van der Waals surface area contributed by atoms with Gasteiger partial charge in [0, 0.05) is 10.2 Å². The molecular weight excluding hydrogens is 325 g/mol. The van der Waals surface area contributed by atoms with Crippen LogP contribution in [0.2, 0.25) is 0 Å². The molecule has 0 aliphatic heterocycles. The average molecular weight is 333 g/mol. The minimum atomic E-state index is -4.43. The SMILES string of the molecule is Nc1ccc(Nc2ccc(Br)c(C(F)(F)F)c2)nn1. The summed E-state index contributed by atoms with van der Waals surface area (Å²) in [6.07, 6.45) is -4.43. The van der Waals surface area contributed by atoms with E-state index in [0.717, 1.165) is 6.07 Å². The van der Waals surface area contributed by atoms with E-state index in [0.29, 0.717) is 5.82 Å². The number of aromatic nitrogens is 2. The number of hydrogen-bond acceptors (Lipinski definition) is 4. The van der Waals surface area contributed by atoms with Crippen molar-refractivity contribution < 1.29 is 13.2 Å². The highest BCUT2D eigenvalue weighted by molar-refractivity contribution is 9.10. The molecule has 1 aromatic carbocycles. The van der Waals surface area contributed by atoms with Crippen LogP contribution in [0.25, 0.3) is 0 Å². The van der Waals surface area contributed by atoms with Crippen LogP contribution in [0.1, 0.15) is 5.56 Å². The number of nitrogens with one attached hydrogen (secondary N) is 1. The summed E-state index contributed by atoms with van der Waals surface area (Å²) in [5.74, 6) is 0.544. The first-order chi connectivity index (χ1) is 8.86. The third-order valence-corrected chi connectivity index (χ3v) is 2.92. The minimum Gasteiger partial charge on any atom is -0.382 e. The van der Waals surface area contributed by atoms with Crippen molar-refractivity contribution >= 4 is 33.3 Å². The summed E-state index contributed by atoms with van der Waals surface area (Å²) >= 11 is 2.87. The fourth-order valence-electron chi connectivity index (χ4n) is 1.38. The number of hydrogen-bond donors (Lipinski definition) is 2. The second-order valence-electron chi connectivity index (χ2n) is 3.66. The van der Waals surface area contributed by atoms with Crippen LogP contribution in [-0.4, -0.2) is 10.2 Å². The summed E-state index contributed by atoms with van der Waals surface area (Å²) in [6.45, 7) is 0. The molecule has 0 bridgehead atoms. The Labute approximate surface area is 115 Å². The summed E-state index contributed by atoms with van der Waals surface area (Å²) < 4.78 is 38.1. The molecule has 0 aliphatic rings. The highest BCUT2D eigenvalue weighted by Crippen LogP contribution is 2.36. The normalized spacial score (nSPS) is 11.4. The molecule has 0 saturated carbocycles. The molecule has 4 nitrogen and oxygen atoms in total. The van der Waals surface area contributed by atoms with Crippen molar-refractivity contribution in [3.63, 3.8) is 0 Å². The Bertz CT molecular complexity index is 583. The maximum absolute atomic E-state index is 12.7. The first-order valence-electron chi connectivity index (χ1n) is 5.09. The van der Waals surface area contributed by atoms with Gasteiger partial charge in [0.1, 0.15) is 5.82 Å². The molecule has 0 amide bonds. The van der Waals surface area contributed by atoms with Crippen molar-refractivity contribution in [2.75, 3.05) is 11.1 Å². The first-order valence-corrected chi connectivity index (χ1v) is 5.88. The zero-order valence-corrected chi connectivity index (χ0v) is 11.0. The van der Waals surface area contributed by atoms with E-state index in [-0.39, 0.29) is 16.0 Å². The number of nitrogen functional groups attached to an aromatic ring is 1. The Morgan fingerprint density at radius 3 is 2.42 bits per heavy atom. The number of nitrogens with two attached hydrogens (primary N) is 1. The van der Waals surface area contributed by atoms with Gasteiger partial charge < -0.3 is 11.1 Å². The topological polar surface area (TPSA) is 63.8 Å². The number of anilines is 3. The van der Waals surface area contributed by atoms with Gasteiger partial charge in [-0.1, -0.05) is 15.9 Å². The quantitative estimate of drug-likeness (QED) is 0.882. The third-order valence-electron chi connectivity index (χ3n) is 2.23. The molecule has 0 spiro atoms. The van der Waals surface area contributed by atoms with E-state index in [9.17, 15) is 13.2 Å². The van der Waals surface area contributed by atoms with Gasteiger partial charge in [-0.25, -0.2) is 0 Å². The summed E-state index contributed by atoms with van der Waals surface area (Å²) in [6, 6.07) is 6.83. The van der Waals surface area contributed by atoms with Gasteiger partial charge in [0.05, 0.1) is 5.56 Å². The lowest BCUT2D eigenvalue weighted by Crippen LogP contribution is -2.07. The zero-order chi connectivity index (χ0) is 14.0.